The van der Waals surface area contributed by atoms with Crippen molar-refractivity contribution in [2.24, 2.45) is 0 Å². The molecule has 3 aromatic carbocycles. The predicted octanol–water partition coefficient (Wildman–Crippen LogP) is 4.73. The second-order valence-corrected chi connectivity index (χ2v) is 10.6. The van der Waals surface area contributed by atoms with E-state index >= 15 is 0 Å². The first-order chi connectivity index (χ1) is 16.3. The molecule has 0 saturated carbocycles. The van der Waals surface area contributed by atoms with E-state index in [0.717, 1.165) is 21.7 Å². The molecule has 1 amide bonds. The topological polar surface area (TPSA) is 75.7 Å². The zero-order valence-corrected chi connectivity index (χ0v) is 20.8. The average molecular weight is 523 g/mol. The number of nitrogens with one attached hydrogen (secondary N) is 1. The Morgan fingerprint density at radius 3 is 2.38 bits per heavy atom. The molecule has 0 aromatic heterocycles. The van der Waals surface area contributed by atoms with Gasteiger partial charge in [0, 0.05) is 23.1 Å². The van der Waals surface area contributed by atoms with Gasteiger partial charge in [-0.05, 0) is 54.1 Å². The summed E-state index contributed by atoms with van der Waals surface area (Å²) in [4.78, 5) is 12.5. The number of halogens is 2. The summed E-state index contributed by atoms with van der Waals surface area (Å²) in [5.74, 6) is 0.572. The maximum Gasteiger partial charge on any atom is 0.264 e. The van der Waals surface area contributed by atoms with Crippen LogP contribution >= 0.6 is 23.4 Å². The van der Waals surface area contributed by atoms with E-state index in [2.05, 4.69) is 5.32 Å². The zero-order valence-electron chi connectivity index (χ0n) is 18.4. The number of hydrogen-bond donors (Lipinski definition) is 1. The lowest BCUT2D eigenvalue weighted by Crippen LogP contribution is -2.41. The fraction of sp³-hybridized carbons (Fsp3) is 0.208. The van der Waals surface area contributed by atoms with Crippen molar-refractivity contribution in [2.75, 3.05) is 30.3 Å². The average Bonchev–Trinajstić information content (AvgIpc) is 2.84. The van der Waals surface area contributed by atoms with Crippen LogP contribution in [-0.2, 0) is 20.6 Å². The summed E-state index contributed by atoms with van der Waals surface area (Å²) in [6.07, 6.45) is 0. The molecule has 6 nitrogen and oxygen atoms in total. The first-order valence-electron chi connectivity index (χ1n) is 10.3. The van der Waals surface area contributed by atoms with Crippen LogP contribution in [0.5, 0.6) is 5.75 Å². The van der Waals surface area contributed by atoms with E-state index in [1.165, 1.54) is 49.6 Å². The Balaban J connectivity index is 1.66. The molecule has 34 heavy (non-hydrogen) atoms. The van der Waals surface area contributed by atoms with E-state index in [-0.39, 0.29) is 10.6 Å². The number of sulfonamides is 1. The standard InChI is InChI=1S/C24H24ClFN2O4S2/c1-32-20-10-12-21(13-11-20)34(30,31)28(23-5-3-2-4-22(23)26)16-24(29)27-14-15-33-17-18-6-8-19(25)9-7-18/h2-13H,14-17H2,1H3,(H,27,29). The number of para-hydroxylation sites is 1. The van der Waals surface area contributed by atoms with E-state index in [1.54, 1.807) is 11.8 Å². The number of benzene rings is 3. The van der Waals surface area contributed by atoms with Gasteiger partial charge in [0.15, 0.2) is 0 Å². The van der Waals surface area contributed by atoms with Crippen LogP contribution in [0.25, 0.3) is 0 Å². The van der Waals surface area contributed by atoms with Gasteiger partial charge in [-0.3, -0.25) is 9.10 Å². The summed E-state index contributed by atoms with van der Waals surface area (Å²) >= 11 is 7.50. The molecule has 180 valence electrons. The van der Waals surface area contributed by atoms with Crippen LogP contribution in [0, 0.1) is 5.82 Å². The van der Waals surface area contributed by atoms with Gasteiger partial charge in [0.25, 0.3) is 10.0 Å². The first-order valence-corrected chi connectivity index (χ1v) is 13.3. The number of carbonyl (C=O) groups is 1. The molecule has 1 N–H and O–H groups in total. The van der Waals surface area contributed by atoms with Gasteiger partial charge in [0.05, 0.1) is 17.7 Å². The van der Waals surface area contributed by atoms with Gasteiger partial charge >= 0.3 is 0 Å². The van der Waals surface area contributed by atoms with Gasteiger partial charge < -0.3 is 10.1 Å². The highest BCUT2D eigenvalue weighted by molar-refractivity contribution is 7.98. The Morgan fingerprint density at radius 1 is 1.06 bits per heavy atom. The third kappa shape index (κ3) is 6.88. The molecule has 0 aliphatic heterocycles. The van der Waals surface area contributed by atoms with Crippen molar-refractivity contribution in [1.82, 2.24) is 5.32 Å². The van der Waals surface area contributed by atoms with Crippen LogP contribution in [-0.4, -0.2) is 40.3 Å². The summed E-state index contributed by atoms with van der Waals surface area (Å²) in [7, 11) is -2.75. The number of ether oxygens (including phenoxy) is 1. The van der Waals surface area contributed by atoms with Crippen LogP contribution in [0.2, 0.25) is 5.02 Å². The fourth-order valence-corrected chi connectivity index (χ4v) is 5.42. The van der Waals surface area contributed by atoms with Crippen LogP contribution in [0.15, 0.2) is 77.7 Å². The summed E-state index contributed by atoms with van der Waals surface area (Å²) in [5.41, 5.74) is 0.905. The Labute approximate surface area is 208 Å². The van der Waals surface area contributed by atoms with E-state index in [4.69, 9.17) is 16.3 Å². The van der Waals surface area contributed by atoms with Gasteiger partial charge in [0.2, 0.25) is 5.91 Å². The fourth-order valence-electron chi connectivity index (χ4n) is 3.05. The maximum absolute atomic E-state index is 14.5. The second kappa shape index (κ2) is 12.1. The molecule has 0 spiro atoms. The van der Waals surface area contributed by atoms with Crippen LogP contribution < -0.4 is 14.4 Å². The normalized spacial score (nSPS) is 11.1. The molecular weight excluding hydrogens is 499 g/mol. The largest absolute Gasteiger partial charge is 0.497 e. The van der Waals surface area contributed by atoms with Crippen molar-refractivity contribution in [2.45, 2.75) is 10.6 Å². The van der Waals surface area contributed by atoms with Crippen molar-refractivity contribution in [1.29, 1.82) is 0 Å². The minimum absolute atomic E-state index is 0.0807. The van der Waals surface area contributed by atoms with Gasteiger partial charge in [-0.25, -0.2) is 12.8 Å². The summed E-state index contributed by atoms with van der Waals surface area (Å²) in [6, 6.07) is 18.6. The smallest absolute Gasteiger partial charge is 0.264 e. The van der Waals surface area contributed by atoms with Crippen LogP contribution in [0.1, 0.15) is 5.56 Å². The molecule has 0 fully saturated rings. The molecule has 3 rings (SSSR count). The number of methoxy groups -OCH3 is 1. The summed E-state index contributed by atoms with van der Waals surface area (Å²) in [6.45, 7) is -0.220. The molecule has 0 atom stereocenters. The Hall–Kier alpha value is -2.75. The number of anilines is 1. The Kier molecular flexibility index (Phi) is 9.20. The van der Waals surface area contributed by atoms with Crippen LogP contribution in [0.3, 0.4) is 0 Å². The predicted molar refractivity (Wildman–Crippen MR) is 135 cm³/mol. The number of thioether (sulfide) groups is 1. The Morgan fingerprint density at radius 2 is 1.74 bits per heavy atom. The molecule has 0 radical (unpaired) electrons. The number of nitrogens with zero attached hydrogens (tertiary/aromatic N) is 1. The number of amides is 1. The minimum Gasteiger partial charge on any atom is -0.497 e. The Bertz CT molecular complexity index is 1210. The van der Waals surface area contributed by atoms with E-state index < -0.39 is 28.3 Å². The van der Waals surface area contributed by atoms with E-state index in [1.807, 2.05) is 24.3 Å². The lowest BCUT2D eigenvalue weighted by atomic mass is 10.2. The van der Waals surface area contributed by atoms with Gasteiger partial charge in [0.1, 0.15) is 18.1 Å². The molecule has 0 heterocycles. The van der Waals surface area contributed by atoms with Gasteiger partial charge in [-0.1, -0.05) is 35.9 Å². The quantitative estimate of drug-likeness (QED) is 0.368. The van der Waals surface area contributed by atoms with Gasteiger partial charge in [-0.15, -0.1) is 0 Å². The third-order valence-corrected chi connectivity index (χ3v) is 7.86. The number of rotatable bonds is 11. The lowest BCUT2D eigenvalue weighted by molar-refractivity contribution is -0.119. The van der Waals surface area contributed by atoms with Gasteiger partial charge in [-0.2, -0.15) is 11.8 Å². The molecule has 0 saturated heterocycles. The molecule has 10 heteroatoms. The molecule has 0 unspecified atom stereocenters. The first kappa shape index (κ1) is 25.9. The number of carbonyl (C=O) groups excluding carboxylic acids is 1. The SMILES string of the molecule is COc1ccc(S(=O)(=O)N(CC(=O)NCCSCc2ccc(Cl)cc2)c2ccccc2F)cc1. The van der Waals surface area contributed by atoms with Crippen molar-refractivity contribution in [3.8, 4) is 5.75 Å². The maximum atomic E-state index is 14.5. The third-order valence-electron chi connectivity index (χ3n) is 4.81. The highest BCUT2D eigenvalue weighted by Crippen LogP contribution is 2.27. The van der Waals surface area contributed by atoms with Crippen molar-refractivity contribution >= 4 is 45.0 Å². The van der Waals surface area contributed by atoms with Crippen molar-refractivity contribution in [3.05, 3.63) is 89.2 Å². The molecule has 3 aromatic rings. The monoisotopic (exact) mass is 522 g/mol. The summed E-state index contributed by atoms with van der Waals surface area (Å²) in [5, 5.41) is 3.38. The molecule has 0 aliphatic carbocycles. The second-order valence-electron chi connectivity index (χ2n) is 7.17. The summed E-state index contributed by atoms with van der Waals surface area (Å²) < 4.78 is 47.0. The van der Waals surface area contributed by atoms with Crippen molar-refractivity contribution in [3.63, 3.8) is 0 Å². The molecule has 0 bridgehead atoms. The van der Waals surface area contributed by atoms with Crippen LogP contribution in [0.4, 0.5) is 10.1 Å². The highest BCUT2D eigenvalue weighted by atomic mass is 35.5. The highest BCUT2D eigenvalue weighted by Gasteiger charge is 2.29. The van der Waals surface area contributed by atoms with E-state index in [9.17, 15) is 17.6 Å². The zero-order chi connectivity index (χ0) is 24.6. The number of hydrogen-bond acceptors (Lipinski definition) is 5. The van der Waals surface area contributed by atoms with Crippen molar-refractivity contribution < 1.29 is 22.3 Å². The van der Waals surface area contributed by atoms with E-state index in [0.29, 0.717) is 23.1 Å². The minimum atomic E-state index is -4.21. The lowest BCUT2D eigenvalue weighted by Gasteiger charge is -2.24. The molecule has 0 aliphatic rings. The molecular formula is C24H24ClFN2O4S2.